The topological polar surface area (TPSA) is 38.1 Å². The highest BCUT2D eigenvalue weighted by Crippen LogP contribution is 2.49. The third-order valence-electron chi connectivity index (χ3n) is 4.93. The summed E-state index contributed by atoms with van der Waals surface area (Å²) in [6.45, 7) is 0.674. The van der Waals surface area contributed by atoms with Gasteiger partial charge < -0.3 is 4.90 Å². The van der Waals surface area contributed by atoms with Crippen LogP contribution in [-0.4, -0.2) is 27.6 Å². The zero-order chi connectivity index (χ0) is 13.4. The average molecular weight is 261 g/mol. The van der Waals surface area contributed by atoms with E-state index in [1.165, 1.54) is 25.7 Å². The van der Waals surface area contributed by atoms with Crippen molar-refractivity contribution in [3.8, 4) is 0 Å². The van der Waals surface area contributed by atoms with Gasteiger partial charge in [-0.15, -0.1) is 0 Å². The van der Waals surface area contributed by atoms with Crippen molar-refractivity contribution < 1.29 is 4.79 Å². The molecule has 0 aromatic carbocycles. The van der Waals surface area contributed by atoms with Crippen LogP contribution in [0.4, 0.5) is 0 Å². The average Bonchev–Trinajstić information content (AvgIpc) is 3.06. The minimum atomic E-state index is 0.293. The molecule has 2 bridgehead atoms. The lowest BCUT2D eigenvalue weighted by Crippen LogP contribution is -2.29. The summed E-state index contributed by atoms with van der Waals surface area (Å²) in [6.07, 6.45) is 9.98. The SMILES string of the molecule is CN(Cc1cnn(C)c1)C(=O)CC1CC2CCC1C2. The fourth-order valence-corrected chi connectivity index (χ4v) is 3.92. The van der Waals surface area contributed by atoms with E-state index in [0.29, 0.717) is 18.4 Å². The van der Waals surface area contributed by atoms with Crippen molar-refractivity contribution in [2.75, 3.05) is 7.05 Å². The Labute approximate surface area is 114 Å². The Morgan fingerprint density at radius 2 is 2.32 bits per heavy atom. The first-order chi connectivity index (χ1) is 9.11. The number of hydrogen-bond acceptors (Lipinski definition) is 2. The summed E-state index contributed by atoms with van der Waals surface area (Å²) in [5, 5.41) is 4.14. The number of nitrogens with zero attached hydrogens (tertiary/aromatic N) is 3. The molecule has 104 valence electrons. The summed E-state index contributed by atoms with van der Waals surface area (Å²) in [6, 6.07) is 0. The Morgan fingerprint density at radius 1 is 1.47 bits per heavy atom. The highest BCUT2D eigenvalue weighted by molar-refractivity contribution is 5.76. The Hall–Kier alpha value is -1.32. The fourth-order valence-electron chi connectivity index (χ4n) is 3.92. The third kappa shape index (κ3) is 2.67. The predicted octanol–water partition coefficient (Wildman–Crippen LogP) is 2.20. The first-order valence-electron chi connectivity index (χ1n) is 7.33. The molecule has 2 fully saturated rings. The lowest BCUT2D eigenvalue weighted by atomic mass is 9.86. The van der Waals surface area contributed by atoms with E-state index >= 15 is 0 Å². The van der Waals surface area contributed by atoms with Crippen molar-refractivity contribution in [1.82, 2.24) is 14.7 Å². The lowest BCUT2D eigenvalue weighted by molar-refractivity contribution is -0.131. The normalized spacial score (nSPS) is 28.8. The standard InChI is InChI=1S/C15H23N3O/c1-17(9-12-8-16-18(2)10-12)15(19)7-14-6-11-3-4-13(14)5-11/h8,10-11,13-14H,3-7,9H2,1-2H3. The Morgan fingerprint density at radius 3 is 2.89 bits per heavy atom. The minimum Gasteiger partial charge on any atom is -0.341 e. The molecule has 19 heavy (non-hydrogen) atoms. The second kappa shape index (κ2) is 4.99. The molecule has 1 amide bonds. The van der Waals surface area contributed by atoms with Gasteiger partial charge in [-0.3, -0.25) is 9.48 Å². The maximum absolute atomic E-state index is 12.3. The van der Waals surface area contributed by atoms with Crippen molar-refractivity contribution >= 4 is 5.91 Å². The summed E-state index contributed by atoms with van der Waals surface area (Å²) >= 11 is 0. The first-order valence-corrected chi connectivity index (χ1v) is 7.33. The van der Waals surface area contributed by atoms with Gasteiger partial charge in [0.05, 0.1) is 6.20 Å². The van der Waals surface area contributed by atoms with E-state index in [1.54, 1.807) is 4.68 Å². The molecule has 0 aliphatic heterocycles. The van der Waals surface area contributed by atoms with E-state index in [9.17, 15) is 4.79 Å². The Kier molecular flexibility index (Phi) is 3.33. The van der Waals surface area contributed by atoms with E-state index in [0.717, 1.165) is 23.8 Å². The van der Waals surface area contributed by atoms with Crippen LogP contribution in [0.5, 0.6) is 0 Å². The van der Waals surface area contributed by atoms with Crippen LogP contribution in [0, 0.1) is 17.8 Å². The van der Waals surface area contributed by atoms with Gasteiger partial charge in [-0.2, -0.15) is 5.10 Å². The van der Waals surface area contributed by atoms with Crippen molar-refractivity contribution in [1.29, 1.82) is 0 Å². The number of aromatic nitrogens is 2. The van der Waals surface area contributed by atoms with Crippen LogP contribution < -0.4 is 0 Å². The molecule has 3 unspecified atom stereocenters. The van der Waals surface area contributed by atoms with Crippen LogP contribution in [-0.2, 0) is 18.4 Å². The molecule has 1 aromatic heterocycles. The number of hydrogen-bond donors (Lipinski definition) is 0. The van der Waals surface area contributed by atoms with E-state index in [-0.39, 0.29) is 0 Å². The number of aryl methyl sites for hydroxylation is 1. The van der Waals surface area contributed by atoms with Crippen LogP contribution >= 0.6 is 0 Å². The van der Waals surface area contributed by atoms with E-state index in [2.05, 4.69) is 5.10 Å². The van der Waals surface area contributed by atoms with Gasteiger partial charge in [0.1, 0.15) is 0 Å². The Bertz CT molecular complexity index is 468. The molecule has 4 heteroatoms. The van der Waals surface area contributed by atoms with Crippen LogP contribution in [0.3, 0.4) is 0 Å². The number of carbonyl (C=O) groups excluding carboxylic acids is 1. The van der Waals surface area contributed by atoms with Crippen LogP contribution in [0.15, 0.2) is 12.4 Å². The molecular weight excluding hydrogens is 238 g/mol. The van der Waals surface area contributed by atoms with Gasteiger partial charge >= 0.3 is 0 Å². The van der Waals surface area contributed by atoms with Gasteiger partial charge in [-0.25, -0.2) is 0 Å². The number of amides is 1. The molecule has 0 spiro atoms. The van der Waals surface area contributed by atoms with Crippen LogP contribution in [0.25, 0.3) is 0 Å². The molecule has 3 atom stereocenters. The maximum Gasteiger partial charge on any atom is 0.222 e. The molecule has 0 radical (unpaired) electrons. The highest BCUT2D eigenvalue weighted by atomic mass is 16.2. The number of rotatable bonds is 4. The fraction of sp³-hybridized carbons (Fsp3) is 0.733. The van der Waals surface area contributed by atoms with Gasteiger partial charge in [-0.05, 0) is 37.0 Å². The van der Waals surface area contributed by atoms with Gasteiger partial charge in [0.25, 0.3) is 0 Å². The molecule has 0 N–H and O–H groups in total. The first kappa shape index (κ1) is 12.7. The third-order valence-corrected chi connectivity index (χ3v) is 4.93. The summed E-state index contributed by atoms with van der Waals surface area (Å²) in [7, 11) is 3.81. The molecule has 2 aliphatic rings. The second-order valence-corrected chi connectivity index (χ2v) is 6.41. The largest absolute Gasteiger partial charge is 0.341 e. The molecule has 2 saturated carbocycles. The summed E-state index contributed by atoms with van der Waals surface area (Å²) in [4.78, 5) is 14.1. The van der Waals surface area contributed by atoms with Crippen molar-refractivity contribution in [3.05, 3.63) is 18.0 Å². The van der Waals surface area contributed by atoms with E-state index < -0.39 is 0 Å². The van der Waals surface area contributed by atoms with Gasteiger partial charge in [0.15, 0.2) is 0 Å². The lowest BCUT2D eigenvalue weighted by Gasteiger charge is -2.24. The quantitative estimate of drug-likeness (QED) is 0.833. The van der Waals surface area contributed by atoms with E-state index in [4.69, 9.17) is 0 Å². The zero-order valence-electron chi connectivity index (χ0n) is 11.9. The molecule has 0 saturated heterocycles. The molecular formula is C15H23N3O. The number of fused-ring (bicyclic) bond motifs is 2. The smallest absolute Gasteiger partial charge is 0.222 e. The molecule has 4 nitrogen and oxygen atoms in total. The van der Waals surface area contributed by atoms with E-state index in [1.807, 2.05) is 31.4 Å². The molecule has 1 heterocycles. The summed E-state index contributed by atoms with van der Waals surface area (Å²) in [5.74, 6) is 2.70. The monoisotopic (exact) mass is 261 g/mol. The Balaban J connectivity index is 1.52. The van der Waals surface area contributed by atoms with Gasteiger partial charge in [0, 0.05) is 38.8 Å². The van der Waals surface area contributed by atoms with Crippen LogP contribution in [0.1, 0.15) is 37.7 Å². The second-order valence-electron chi connectivity index (χ2n) is 6.41. The van der Waals surface area contributed by atoms with Crippen molar-refractivity contribution in [2.45, 2.75) is 38.6 Å². The molecule has 1 aromatic rings. The predicted molar refractivity (Wildman–Crippen MR) is 73.2 cm³/mol. The maximum atomic E-state index is 12.3. The van der Waals surface area contributed by atoms with Crippen molar-refractivity contribution in [3.63, 3.8) is 0 Å². The minimum absolute atomic E-state index is 0.293. The zero-order valence-corrected chi connectivity index (χ0v) is 11.9. The van der Waals surface area contributed by atoms with Gasteiger partial charge in [0.2, 0.25) is 5.91 Å². The van der Waals surface area contributed by atoms with Gasteiger partial charge in [-0.1, -0.05) is 6.42 Å². The van der Waals surface area contributed by atoms with Crippen molar-refractivity contribution in [2.24, 2.45) is 24.8 Å². The van der Waals surface area contributed by atoms with Crippen LogP contribution in [0.2, 0.25) is 0 Å². The number of carbonyl (C=O) groups is 1. The highest BCUT2D eigenvalue weighted by Gasteiger charge is 2.40. The molecule has 3 rings (SSSR count). The summed E-state index contributed by atoms with van der Waals surface area (Å²) in [5.41, 5.74) is 1.10. The molecule has 2 aliphatic carbocycles. The summed E-state index contributed by atoms with van der Waals surface area (Å²) < 4.78 is 1.78.